The van der Waals surface area contributed by atoms with Crippen molar-refractivity contribution in [1.29, 1.82) is 0 Å². The third-order valence-electron chi connectivity index (χ3n) is 5.71. The molecule has 2 heterocycles. The van der Waals surface area contributed by atoms with E-state index in [4.69, 9.17) is 4.52 Å². The van der Waals surface area contributed by atoms with Crippen LogP contribution in [0.15, 0.2) is 47.0 Å². The van der Waals surface area contributed by atoms with Gasteiger partial charge >= 0.3 is 0 Å². The highest BCUT2D eigenvalue weighted by molar-refractivity contribution is 5.96. The molecule has 1 fully saturated rings. The van der Waals surface area contributed by atoms with Crippen LogP contribution >= 0.6 is 0 Å². The standard InChI is InChI=1S/C22H19F2N3O2/c23-20(24)15-5-2-6-16(9-15)21-25-22(29-26-21)17-11-19(28)27(12-17)18-8-7-13-3-1-4-14(13)10-18/h2,5-10,17,20H,1,3-4,11-12H2. The zero-order valence-electron chi connectivity index (χ0n) is 15.6. The minimum atomic E-state index is -2.56. The zero-order chi connectivity index (χ0) is 20.0. The number of anilines is 1. The first kappa shape index (κ1) is 18.0. The number of carbonyl (C=O) groups excluding carboxylic acids is 1. The molecule has 1 aromatic heterocycles. The van der Waals surface area contributed by atoms with Crippen LogP contribution in [0, 0.1) is 0 Å². The Hall–Kier alpha value is -3.09. The molecule has 1 amide bonds. The quantitative estimate of drug-likeness (QED) is 0.643. The molecule has 0 N–H and O–H groups in total. The molecule has 29 heavy (non-hydrogen) atoms. The van der Waals surface area contributed by atoms with Crippen LogP contribution in [0.1, 0.15) is 47.8 Å². The van der Waals surface area contributed by atoms with Crippen LogP contribution in [-0.2, 0) is 17.6 Å². The van der Waals surface area contributed by atoms with Crippen LogP contribution in [0.25, 0.3) is 11.4 Å². The molecule has 1 atom stereocenters. The van der Waals surface area contributed by atoms with Crippen molar-refractivity contribution in [2.45, 2.75) is 38.0 Å². The Morgan fingerprint density at radius 3 is 2.83 bits per heavy atom. The topological polar surface area (TPSA) is 59.2 Å². The summed E-state index contributed by atoms with van der Waals surface area (Å²) in [5.41, 5.74) is 3.97. The molecule has 0 spiro atoms. The predicted molar refractivity (Wildman–Crippen MR) is 103 cm³/mol. The average molecular weight is 395 g/mol. The minimum absolute atomic E-state index is 0.0207. The van der Waals surface area contributed by atoms with E-state index < -0.39 is 6.43 Å². The lowest BCUT2D eigenvalue weighted by atomic mass is 10.1. The Morgan fingerprint density at radius 1 is 1.10 bits per heavy atom. The number of amides is 1. The van der Waals surface area contributed by atoms with E-state index in [9.17, 15) is 13.6 Å². The highest BCUT2D eigenvalue weighted by Crippen LogP contribution is 2.34. The van der Waals surface area contributed by atoms with Gasteiger partial charge in [0.05, 0.1) is 5.92 Å². The Labute approximate surface area is 166 Å². The fourth-order valence-electron chi connectivity index (χ4n) is 4.18. The maximum atomic E-state index is 12.9. The van der Waals surface area contributed by atoms with Crippen molar-refractivity contribution < 1.29 is 18.1 Å². The first-order valence-corrected chi connectivity index (χ1v) is 9.73. The van der Waals surface area contributed by atoms with Crippen molar-refractivity contribution >= 4 is 11.6 Å². The lowest BCUT2D eigenvalue weighted by Gasteiger charge is -2.17. The Balaban J connectivity index is 1.36. The van der Waals surface area contributed by atoms with Gasteiger partial charge in [0, 0.05) is 29.8 Å². The van der Waals surface area contributed by atoms with E-state index in [0.29, 0.717) is 18.0 Å². The third kappa shape index (κ3) is 3.30. The van der Waals surface area contributed by atoms with Crippen molar-refractivity contribution in [3.05, 3.63) is 65.0 Å². The van der Waals surface area contributed by atoms with E-state index in [-0.39, 0.29) is 29.6 Å². The van der Waals surface area contributed by atoms with E-state index in [2.05, 4.69) is 22.3 Å². The summed E-state index contributed by atoms with van der Waals surface area (Å²) in [5.74, 6) is 0.424. The van der Waals surface area contributed by atoms with Crippen LogP contribution in [0.3, 0.4) is 0 Å². The molecule has 2 aliphatic rings. The molecule has 5 rings (SSSR count). The molecule has 0 radical (unpaired) electrons. The number of hydrogen-bond donors (Lipinski definition) is 0. The van der Waals surface area contributed by atoms with Gasteiger partial charge in [0.15, 0.2) is 0 Å². The molecule has 3 aromatic rings. The van der Waals surface area contributed by atoms with Crippen molar-refractivity contribution in [1.82, 2.24) is 10.1 Å². The van der Waals surface area contributed by atoms with E-state index >= 15 is 0 Å². The Morgan fingerprint density at radius 2 is 1.97 bits per heavy atom. The molecule has 1 aliphatic carbocycles. The van der Waals surface area contributed by atoms with Crippen LogP contribution < -0.4 is 4.90 Å². The smallest absolute Gasteiger partial charge is 0.263 e. The van der Waals surface area contributed by atoms with Gasteiger partial charge < -0.3 is 9.42 Å². The molecule has 1 aliphatic heterocycles. The van der Waals surface area contributed by atoms with Gasteiger partial charge in [-0.3, -0.25) is 4.79 Å². The van der Waals surface area contributed by atoms with Crippen LogP contribution in [0.4, 0.5) is 14.5 Å². The van der Waals surface area contributed by atoms with Crippen molar-refractivity contribution in [2.75, 3.05) is 11.4 Å². The molecule has 0 saturated carbocycles. The number of alkyl halides is 2. The van der Waals surface area contributed by atoms with Crippen molar-refractivity contribution in [2.24, 2.45) is 0 Å². The average Bonchev–Trinajstić information content (AvgIpc) is 3.46. The Bertz CT molecular complexity index is 1080. The first-order valence-electron chi connectivity index (χ1n) is 9.73. The van der Waals surface area contributed by atoms with Gasteiger partial charge in [0.1, 0.15) is 0 Å². The molecular weight excluding hydrogens is 376 g/mol. The van der Waals surface area contributed by atoms with Crippen molar-refractivity contribution in [3.63, 3.8) is 0 Å². The van der Waals surface area contributed by atoms with Gasteiger partial charge in [-0.15, -0.1) is 0 Å². The number of rotatable bonds is 4. The second kappa shape index (κ2) is 7.06. The maximum absolute atomic E-state index is 12.9. The molecular formula is C22H19F2N3O2. The Kier molecular flexibility index (Phi) is 4.38. The highest BCUT2D eigenvalue weighted by Gasteiger charge is 2.35. The van der Waals surface area contributed by atoms with Crippen LogP contribution in [0.5, 0.6) is 0 Å². The van der Waals surface area contributed by atoms with E-state index in [1.54, 1.807) is 17.0 Å². The molecule has 1 unspecified atom stereocenters. The summed E-state index contributed by atoms with van der Waals surface area (Å²) >= 11 is 0. The summed E-state index contributed by atoms with van der Waals surface area (Å²) in [7, 11) is 0. The van der Waals surface area contributed by atoms with Gasteiger partial charge in [0.25, 0.3) is 6.43 Å². The summed E-state index contributed by atoms with van der Waals surface area (Å²) in [4.78, 5) is 18.8. The highest BCUT2D eigenvalue weighted by atomic mass is 19.3. The number of nitrogens with zero attached hydrogens (tertiary/aromatic N) is 3. The summed E-state index contributed by atoms with van der Waals surface area (Å²) in [6, 6.07) is 12.1. The van der Waals surface area contributed by atoms with Gasteiger partial charge in [-0.25, -0.2) is 8.78 Å². The van der Waals surface area contributed by atoms with E-state index in [0.717, 1.165) is 24.9 Å². The number of aryl methyl sites for hydroxylation is 2. The second-order valence-electron chi connectivity index (χ2n) is 7.59. The minimum Gasteiger partial charge on any atom is -0.339 e. The molecule has 5 nitrogen and oxygen atoms in total. The molecule has 1 saturated heterocycles. The van der Waals surface area contributed by atoms with Gasteiger partial charge in [0.2, 0.25) is 17.6 Å². The maximum Gasteiger partial charge on any atom is 0.263 e. The summed E-state index contributed by atoms with van der Waals surface area (Å²) in [6.45, 7) is 0.469. The summed E-state index contributed by atoms with van der Waals surface area (Å²) in [5, 5.41) is 3.94. The van der Waals surface area contributed by atoms with Gasteiger partial charge in [-0.2, -0.15) is 4.98 Å². The third-order valence-corrected chi connectivity index (χ3v) is 5.71. The first-order chi connectivity index (χ1) is 14.1. The fourth-order valence-corrected chi connectivity index (χ4v) is 4.18. The lowest BCUT2D eigenvalue weighted by molar-refractivity contribution is -0.117. The number of fused-ring (bicyclic) bond motifs is 1. The normalized spacial score (nSPS) is 18.7. The predicted octanol–water partition coefficient (Wildman–Crippen LogP) is 4.68. The number of carbonyl (C=O) groups is 1. The monoisotopic (exact) mass is 395 g/mol. The zero-order valence-corrected chi connectivity index (χ0v) is 15.6. The van der Waals surface area contributed by atoms with Gasteiger partial charge in [-0.1, -0.05) is 29.4 Å². The van der Waals surface area contributed by atoms with Crippen molar-refractivity contribution in [3.8, 4) is 11.4 Å². The van der Waals surface area contributed by atoms with Crippen LogP contribution in [-0.4, -0.2) is 22.6 Å². The summed E-state index contributed by atoms with van der Waals surface area (Å²) in [6.07, 6.45) is 1.04. The largest absolute Gasteiger partial charge is 0.339 e. The van der Waals surface area contributed by atoms with Crippen LogP contribution in [0.2, 0.25) is 0 Å². The summed E-state index contributed by atoms with van der Waals surface area (Å²) < 4.78 is 31.3. The SMILES string of the molecule is O=C1CC(c2nc(-c3cccc(C(F)F)c3)no2)CN1c1ccc2c(c1)CCC2. The second-order valence-corrected chi connectivity index (χ2v) is 7.59. The van der Waals surface area contributed by atoms with E-state index in [1.165, 1.54) is 23.3 Å². The van der Waals surface area contributed by atoms with E-state index in [1.807, 2.05) is 6.07 Å². The molecule has 7 heteroatoms. The van der Waals surface area contributed by atoms with Gasteiger partial charge in [-0.05, 0) is 48.6 Å². The molecule has 148 valence electrons. The number of benzene rings is 2. The number of aromatic nitrogens is 2. The number of halogens is 2. The molecule has 0 bridgehead atoms. The molecule has 2 aromatic carbocycles. The fraction of sp³-hybridized carbons (Fsp3) is 0.318. The lowest BCUT2D eigenvalue weighted by Crippen LogP contribution is -2.24. The number of hydrogen-bond acceptors (Lipinski definition) is 4.